The molecule has 1 aromatic rings. The highest BCUT2D eigenvalue weighted by molar-refractivity contribution is 5.40. The summed E-state index contributed by atoms with van der Waals surface area (Å²) < 4.78 is 1.98. The van der Waals surface area contributed by atoms with Gasteiger partial charge in [0, 0.05) is 6.54 Å². The monoisotopic (exact) mass is 182 g/mol. The van der Waals surface area contributed by atoms with Crippen LogP contribution in [0.4, 0.5) is 5.69 Å². The van der Waals surface area contributed by atoms with Crippen LogP contribution in [-0.2, 0) is 13.0 Å². The van der Waals surface area contributed by atoms with Crippen molar-refractivity contribution in [3.8, 4) is 0 Å². The Labute approximate surface area is 79.3 Å². The van der Waals surface area contributed by atoms with Crippen LogP contribution in [-0.4, -0.2) is 35.3 Å². The molecule has 1 heterocycles. The van der Waals surface area contributed by atoms with Crippen LogP contribution in [0.1, 0.15) is 12.6 Å². The number of nitrogens with zero attached hydrogens (tertiary/aromatic N) is 3. The van der Waals surface area contributed by atoms with Crippen LogP contribution >= 0.6 is 0 Å². The van der Waals surface area contributed by atoms with E-state index >= 15 is 0 Å². The second kappa shape index (κ2) is 4.28. The van der Waals surface area contributed by atoms with Gasteiger partial charge in [-0.2, -0.15) is 5.10 Å². The molecule has 0 aliphatic carbocycles. The number of rotatable bonds is 4. The molecule has 0 atom stereocenters. The SMILES string of the molecule is CCc1c(N)cnn1CCN(C)C. The summed E-state index contributed by atoms with van der Waals surface area (Å²) in [6.45, 7) is 4.00. The normalized spacial score (nSPS) is 11.1. The predicted octanol–water partition coefficient (Wildman–Crippen LogP) is 0.589. The van der Waals surface area contributed by atoms with E-state index in [0.29, 0.717) is 0 Å². The minimum Gasteiger partial charge on any atom is -0.396 e. The molecule has 0 saturated carbocycles. The summed E-state index contributed by atoms with van der Waals surface area (Å²) in [4.78, 5) is 2.14. The van der Waals surface area contributed by atoms with Crippen LogP contribution in [0.5, 0.6) is 0 Å². The van der Waals surface area contributed by atoms with Crippen LogP contribution < -0.4 is 5.73 Å². The molecule has 0 spiro atoms. The van der Waals surface area contributed by atoms with Gasteiger partial charge in [-0.05, 0) is 20.5 Å². The fourth-order valence-corrected chi connectivity index (χ4v) is 1.30. The maximum Gasteiger partial charge on any atom is 0.0732 e. The Hall–Kier alpha value is -1.03. The van der Waals surface area contributed by atoms with Crippen molar-refractivity contribution in [2.75, 3.05) is 26.4 Å². The van der Waals surface area contributed by atoms with Crippen LogP contribution in [0.15, 0.2) is 6.20 Å². The van der Waals surface area contributed by atoms with E-state index < -0.39 is 0 Å². The smallest absolute Gasteiger partial charge is 0.0732 e. The van der Waals surface area contributed by atoms with Crippen molar-refractivity contribution >= 4 is 5.69 Å². The molecule has 2 N–H and O–H groups in total. The Bertz CT molecular complexity index is 265. The molecule has 4 nitrogen and oxygen atoms in total. The van der Waals surface area contributed by atoms with E-state index in [9.17, 15) is 0 Å². The van der Waals surface area contributed by atoms with Crippen molar-refractivity contribution in [2.24, 2.45) is 0 Å². The summed E-state index contributed by atoms with van der Waals surface area (Å²) in [5, 5.41) is 4.22. The Kier molecular flexibility index (Phi) is 3.31. The second-order valence-electron chi connectivity index (χ2n) is 3.43. The van der Waals surface area contributed by atoms with Crippen molar-refractivity contribution in [3.63, 3.8) is 0 Å². The van der Waals surface area contributed by atoms with Gasteiger partial charge in [0.1, 0.15) is 0 Å². The summed E-state index contributed by atoms with van der Waals surface area (Å²) in [7, 11) is 4.11. The van der Waals surface area contributed by atoms with Crippen molar-refractivity contribution in [3.05, 3.63) is 11.9 Å². The highest BCUT2D eigenvalue weighted by Crippen LogP contribution is 2.10. The number of likely N-dealkylation sites (N-methyl/N-ethyl adjacent to an activating group) is 1. The lowest BCUT2D eigenvalue weighted by molar-refractivity contribution is 0.370. The average Bonchev–Trinajstić information content (AvgIpc) is 2.42. The average molecular weight is 182 g/mol. The highest BCUT2D eigenvalue weighted by atomic mass is 15.3. The molecule has 0 aromatic carbocycles. The summed E-state index contributed by atoms with van der Waals surface area (Å²) in [6, 6.07) is 0. The fraction of sp³-hybridized carbons (Fsp3) is 0.667. The zero-order chi connectivity index (χ0) is 9.84. The van der Waals surface area contributed by atoms with Crippen molar-refractivity contribution in [1.82, 2.24) is 14.7 Å². The zero-order valence-electron chi connectivity index (χ0n) is 8.62. The molecule has 13 heavy (non-hydrogen) atoms. The molecule has 0 radical (unpaired) electrons. The van der Waals surface area contributed by atoms with Gasteiger partial charge in [-0.3, -0.25) is 4.68 Å². The van der Waals surface area contributed by atoms with E-state index in [4.69, 9.17) is 5.73 Å². The lowest BCUT2D eigenvalue weighted by atomic mass is 10.3. The molecule has 1 rings (SSSR count). The molecule has 4 heteroatoms. The van der Waals surface area contributed by atoms with Gasteiger partial charge < -0.3 is 10.6 Å². The first-order valence-corrected chi connectivity index (χ1v) is 4.60. The van der Waals surface area contributed by atoms with Gasteiger partial charge in [-0.25, -0.2) is 0 Å². The number of nitrogens with two attached hydrogens (primary N) is 1. The molecule has 1 aromatic heterocycles. The topological polar surface area (TPSA) is 47.1 Å². The Balaban J connectivity index is 2.65. The van der Waals surface area contributed by atoms with E-state index in [-0.39, 0.29) is 0 Å². The van der Waals surface area contributed by atoms with Crippen LogP contribution in [0, 0.1) is 0 Å². The molecule has 0 amide bonds. The van der Waals surface area contributed by atoms with Gasteiger partial charge in [0.15, 0.2) is 0 Å². The van der Waals surface area contributed by atoms with Crippen LogP contribution in [0.25, 0.3) is 0 Å². The lowest BCUT2D eigenvalue weighted by Gasteiger charge is -2.11. The van der Waals surface area contributed by atoms with Gasteiger partial charge in [0.25, 0.3) is 0 Å². The maximum absolute atomic E-state index is 5.76. The first kappa shape index (κ1) is 10.1. The molecule has 0 aliphatic heterocycles. The molecule has 0 fully saturated rings. The third kappa shape index (κ3) is 2.45. The molecule has 74 valence electrons. The highest BCUT2D eigenvalue weighted by Gasteiger charge is 2.05. The quantitative estimate of drug-likeness (QED) is 0.741. The van der Waals surface area contributed by atoms with Crippen molar-refractivity contribution in [2.45, 2.75) is 19.9 Å². The molecule has 0 saturated heterocycles. The summed E-state index contributed by atoms with van der Waals surface area (Å²) in [5.74, 6) is 0. The third-order valence-corrected chi connectivity index (χ3v) is 2.07. The summed E-state index contributed by atoms with van der Waals surface area (Å²) in [5.41, 5.74) is 7.71. The van der Waals surface area contributed by atoms with Gasteiger partial charge in [0.2, 0.25) is 0 Å². The molecular formula is C9H18N4. The van der Waals surface area contributed by atoms with E-state index in [1.807, 2.05) is 4.68 Å². The van der Waals surface area contributed by atoms with Crippen LogP contribution in [0.3, 0.4) is 0 Å². The van der Waals surface area contributed by atoms with Gasteiger partial charge in [-0.1, -0.05) is 6.92 Å². The number of hydrogen-bond donors (Lipinski definition) is 1. The number of hydrogen-bond acceptors (Lipinski definition) is 3. The Morgan fingerprint density at radius 1 is 1.54 bits per heavy atom. The molecular weight excluding hydrogens is 164 g/mol. The summed E-state index contributed by atoms with van der Waals surface area (Å²) in [6.07, 6.45) is 2.67. The van der Waals surface area contributed by atoms with Gasteiger partial charge >= 0.3 is 0 Å². The van der Waals surface area contributed by atoms with Gasteiger partial charge in [0.05, 0.1) is 24.1 Å². The van der Waals surface area contributed by atoms with E-state index in [2.05, 4.69) is 31.0 Å². The fourth-order valence-electron chi connectivity index (χ4n) is 1.30. The van der Waals surface area contributed by atoms with Crippen LogP contribution in [0.2, 0.25) is 0 Å². The van der Waals surface area contributed by atoms with Gasteiger partial charge in [-0.15, -0.1) is 0 Å². The molecule has 0 bridgehead atoms. The predicted molar refractivity (Wildman–Crippen MR) is 54.6 cm³/mol. The standard InChI is InChI=1S/C9H18N4/c1-4-9-8(10)7-11-13(9)6-5-12(2)3/h7H,4-6,10H2,1-3H3. The molecule has 0 unspecified atom stereocenters. The molecule has 0 aliphatic rings. The maximum atomic E-state index is 5.76. The Morgan fingerprint density at radius 3 is 2.77 bits per heavy atom. The first-order chi connectivity index (χ1) is 6.15. The first-order valence-electron chi connectivity index (χ1n) is 4.60. The number of aromatic nitrogens is 2. The number of nitrogen functional groups attached to an aromatic ring is 1. The van der Waals surface area contributed by atoms with E-state index in [1.165, 1.54) is 0 Å². The van der Waals surface area contributed by atoms with E-state index in [0.717, 1.165) is 30.9 Å². The van der Waals surface area contributed by atoms with Crippen molar-refractivity contribution < 1.29 is 0 Å². The minimum absolute atomic E-state index is 0.807. The number of anilines is 1. The lowest BCUT2D eigenvalue weighted by Crippen LogP contribution is -2.20. The summed E-state index contributed by atoms with van der Waals surface area (Å²) >= 11 is 0. The van der Waals surface area contributed by atoms with Crippen molar-refractivity contribution in [1.29, 1.82) is 0 Å². The minimum atomic E-state index is 0.807. The second-order valence-corrected chi connectivity index (χ2v) is 3.43. The zero-order valence-corrected chi connectivity index (χ0v) is 8.62. The van der Waals surface area contributed by atoms with E-state index in [1.54, 1.807) is 6.20 Å². The Morgan fingerprint density at radius 2 is 2.23 bits per heavy atom. The third-order valence-electron chi connectivity index (χ3n) is 2.07. The largest absolute Gasteiger partial charge is 0.396 e.